The number of benzene rings is 1. The summed E-state index contributed by atoms with van der Waals surface area (Å²) in [7, 11) is 1.52. The molecule has 0 aromatic heterocycles. The van der Waals surface area contributed by atoms with Gasteiger partial charge in [-0.25, -0.2) is 4.79 Å². The number of nitrogens with two attached hydrogens (primary N) is 1. The van der Waals surface area contributed by atoms with Gasteiger partial charge in [-0.05, 0) is 24.1 Å². The van der Waals surface area contributed by atoms with Crippen molar-refractivity contribution >= 4 is 17.8 Å². The first kappa shape index (κ1) is 25.4. The predicted molar refractivity (Wildman–Crippen MR) is 115 cm³/mol. The van der Waals surface area contributed by atoms with Crippen LogP contribution in [0.1, 0.15) is 31.7 Å². The number of hydrogen-bond donors (Lipinski definition) is 7. The summed E-state index contributed by atoms with van der Waals surface area (Å²) < 4.78 is 5.08. The van der Waals surface area contributed by atoms with Gasteiger partial charge < -0.3 is 41.7 Å². The smallest absolute Gasteiger partial charge is 0.315 e. The standard InChI is InChI=1S/C21H32N4O7/c1-3-8-23-20(30)25-15-10-21(31,11-16(26)17(15)27)19(29)24-14(18(22)28)9-12-4-6-13(32-2)7-5-12/h4-7,14-17,26-27,31H,3,8-11H2,1-2H3,(H2,22,28)(H,24,29)(H2,23,25,30). The van der Waals surface area contributed by atoms with Gasteiger partial charge >= 0.3 is 6.03 Å². The van der Waals surface area contributed by atoms with Crippen LogP contribution in [0.3, 0.4) is 0 Å². The van der Waals surface area contributed by atoms with Gasteiger partial charge in [0.1, 0.15) is 23.5 Å². The zero-order chi connectivity index (χ0) is 23.9. The van der Waals surface area contributed by atoms with E-state index in [9.17, 15) is 29.7 Å². The number of aliphatic hydroxyl groups is 3. The van der Waals surface area contributed by atoms with Gasteiger partial charge in [0, 0.05) is 25.8 Å². The fourth-order valence-electron chi connectivity index (χ4n) is 3.60. The van der Waals surface area contributed by atoms with Crippen molar-refractivity contribution in [2.75, 3.05) is 13.7 Å². The quantitative estimate of drug-likeness (QED) is 0.239. The first-order chi connectivity index (χ1) is 15.1. The zero-order valence-electron chi connectivity index (χ0n) is 18.2. The van der Waals surface area contributed by atoms with E-state index in [0.717, 1.165) is 0 Å². The molecule has 1 aromatic rings. The Hall–Kier alpha value is -2.89. The Bertz CT molecular complexity index is 804. The highest BCUT2D eigenvalue weighted by Crippen LogP contribution is 2.30. The summed E-state index contributed by atoms with van der Waals surface area (Å²) >= 11 is 0. The minimum absolute atomic E-state index is 0.0768. The van der Waals surface area contributed by atoms with E-state index in [-0.39, 0.29) is 12.8 Å². The number of carbonyl (C=O) groups excluding carboxylic acids is 3. The van der Waals surface area contributed by atoms with Crippen LogP contribution in [0.4, 0.5) is 4.79 Å². The molecule has 1 fully saturated rings. The number of urea groups is 1. The SMILES string of the molecule is CCCNC(=O)NC1CC(O)(C(=O)NC(Cc2ccc(OC)cc2)C(N)=O)CC(O)C1O. The van der Waals surface area contributed by atoms with Crippen molar-refractivity contribution in [3.8, 4) is 5.75 Å². The summed E-state index contributed by atoms with van der Waals surface area (Å²) in [6, 6.07) is 4.02. The molecule has 0 aliphatic heterocycles. The normalized spacial score (nSPS) is 26.0. The van der Waals surface area contributed by atoms with Crippen molar-refractivity contribution in [1.82, 2.24) is 16.0 Å². The summed E-state index contributed by atoms with van der Waals surface area (Å²) in [5.41, 5.74) is 4.01. The second kappa shape index (κ2) is 11.1. The lowest BCUT2D eigenvalue weighted by atomic mass is 9.77. The molecule has 5 atom stereocenters. The molecule has 1 aromatic carbocycles. The van der Waals surface area contributed by atoms with Crippen LogP contribution < -0.4 is 26.4 Å². The zero-order valence-corrected chi connectivity index (χ0v) is 18.2. The van der Waals surface area contributed by atoms with E-state index >= 15 is 0 Å². The third-order valence-corrected chi connectivity index (χ3v) is 5.43. The Kier molecular flexibility index (Phi) is 8.81. The lowest BCUT2D eigenvalue weighted by Gasteiger charge is -2.41. The van der Waals surface area contributed by atoms with E-state index in [1.165, 1.54) is 7.11 Å². The first-order valence-electron chi connectivity index (χ1n) is 10.5. The largest absolute Gasteiger partial charge is 0.497 e. The Morgan fingerprint density at radius 1 is 1.22 bits per heavy atom. The number of methoxy groups -OCH3 is 1. The summed E-state index contributed by atoms with van der Waals surface area (Å²) in [6.45, 7) is 2.26. The van der Waals surface area contributed by atoms with Crippen LogP contribution in [-0.2, 0) is 16.0 Å². The number of nitrogens with one attached hydrogen (secondary N) is 3. The second-order valence-electron chi connectivity index (χ2n) is 7.99. The summed E-state index contributed by atoms with van der Waals surface area (Å²) in [5, 5.41) is 38.8. The molecule has 0 radical (unpaired) electrons. The second-order valence-corrected chi connectivity index (χ2v) is 7.99. The van der Waals surface area contributed by atoms with E-state index in [0.29, 0.717) is 24.3 Å². The van der Waals surface area contributed by atoms with Gasteiger partial charge in [-0.3, -0.25) is 9.59 Å². The predicted octanol–water partition coefficient (Wildman–Crippen LogP) is -1.47. The lowest BCUT2D eigenvalue weighted by Crippen LogP contribution is -2.65. The topological polar surface area (TPSA) is 183 Å². The molecule has 0 saturated heterocycles. The summed E-state index contributed by atoms with van der Waals surface area (Å²) in [5.74, 6) is -1.11. The molecule has 178 valence electrons. The van der Waals surface area contributed by atoms with Gasteiger partial charge in [-0.15, -0.1) is 0 Å². The highest BCUT2D eigenvalue weighted by atomic mass is 16.5. The lowest BCUT2D eigenvalue weighted by molar-refractivity contribution is -0.158. The maximum atomic E-state index is 12.9. The van der Waals surface area contributed by atoms with E-state index in [1.807, 2.05) is 6.92 Å². The van der Waals surface area contributed by atoms with E-state index in [4.69, 9.17) is 10.5 Å². The molecule has 8 N–H and O–H groups in total. The van der Waals surface area contributed by atoms with E-state index in [2.05, 4.69) is 16.0 Å². The van der Waals surface area contributed by atoms with Crippen molar-refractivity contribution in [1.29, 1.82) is 0 Å². The molecule has 11 nitrogen and oxygen atoms in total. The molecule has 32 heavy (non-hydrogen) atoms. The number of ether oxygens (including phenoxy) is 1. The van der Waals surface area contributed by atoms with Crippen LogP contribution in [0.15, 0.2) is 24.3 Å². The fraction of sp³-hybridized carbons (Fsp3) is 0.571. The molecule has 1 saturated carbocycles. The number of rotatable bonds is 9. The highest BCUT2D eigenvalue weighted by molar-refractivity contribution is 5.91. The third-order valence-electron chi connectivity index (χ3n) is 5.43. The number of amides is 4. The van der Waals surface area contributed by atoms with Crippen LogP contribution in [0.25, 0.3) is 0 Å². The number of aliphatic hydroxyl groups excluding tert-OH is 2. The first-order valence-corrected chi connectivity index (χ1v) is 10.5. The van der Waals surface area contributed by atoms with Gasteiger partial charge in [0.15, 0.2) is 0 Å². The van der Waals surface area contributed by atoms with Crippen LogP contribution >= 0.6 is 0 Å². The minimum atomic E-state index is -2.13. The van der Waals surface area contributed by atoms with Crippen LogP contribution in [0.5, 0.6) is 5.75 Å². The van der Waals surface area contributed by atoms with Gasteiger partial charge in [-0.2, -0.15) is 0 Å². The third kappa shape index (κ3) is 6.55. The maximum absolute atomic E-state index is 12.9. The average Bonchev–Trinajstić information content (AvgIpc) is 2.75. The molecule has 0 heterocycles. The van der Waals surface area contributed by atoms with Crippen LogP contribution in [-0.4, -0.2) is 76.7 Å². The molecule has 0 bridgehead atoms. The molecular weight excluding hydrogens is 420 g/mol. The van der Waals surface area contributed by atoms with Gasteiger partial charge in [-0.1, -0.05) is 19.1 Å². The van der Waals surface area contributed by atoms with E-state index < -0.39 is 54.2 Å². The average molecular weight is 453 g/mol. The van der Waals surface area contributed by atoms with Crippen molar-refractivity contribution in [3.05, 3.63) is 29.8 Å². The number of hydrogen-bond acceptors (Lipinski definition) is 7. The minimum Gasteiger partial charge on any atom is -0.497 e. The van der Waals surface area contributed by atoms with Crippen molar-refractivity contribution in [3.63, 3.8) is 0 Å². The van der Waals surface area contributed by atoms with Crippen LogP contribution in [0.2, 0.25) is 0 Å². The Morgan fingerprint density at radius 3 is 2.44 bits per heavy atom. The monoisotopic (exact) mass is 452 g/mol. The highest BCUT2D eigenvalue weighted by Gasteiger charge is 2.49. The van der Waals surface area contributed by atoms with E-state index in [1.54, 1.807) is 24.3 Å². The molecule has 1 aliphatic carbocycles. The van der Waals surface area contributed by atoms with Gasteiger partial charge in [0.2, 0.25) is 5.91 Å². The molecular formula is C21H32N4O7. The summed E-state index contributed by atoms with van der Waals surface area (Å²) in [4.78, 5) is 36.7. The molecule has 1 aliphatic rings. The molecule has 5 unspecified atom stereocenters. The van der Waals surface area contributed by atoms with Crippen molar-refractivity contribution < 1.29 is 34.4 Å². The molecule has 0 spiro atoms. The van der Waals surface area contributed by atoms with Gasteiger partial charge in [0.25, 0.3) is 5.91 Å². The number of primary amides is 1. The Morgan fingerprint density at radius 2 is 1.88 bits per heavy atom. The molecule has 11 heteroatoms. The summed E-state index contributed by atoms with van der Waals surface area (Å²) in [6.07, 6.45) is -2.90. The van der Waals surface area contributed by atoms with Crippen molar-refractivity contribution in [2.24, 2.45) is 5.73 Å². The van der Waals surface area contributed by atoms with Gasteiger partial charge in [0.05, 0.1) is 19.3 Å². The Labute approximate surface area is 186 Å². The Balaban J connectivity index is 2.09. The molecule has 4 amide bonds. The van der Waals surface area contributed by atoms with Crippen molar-refractivity contribution in [2.45, 2.75) is 62.5 Å². The van der Waals surface area contributed by atoms with Crippen LogP contribution in [0, 0.1) is 0 Å². The fourth-order valence-corrected chi connectivity index (χ4v) is 3.60. The maximum Gasteiger partial charge on any atom is 0.315 e. The molecule has 2 rings (SSSR count). The number of carbonyl (C=O) groups is 3.